The van der Waals surface area contributed by atoms with Gasteiger partial charge >= 0.3 is 5.69 Å². The number of carbonyl (C=O) groups excluding carboxylic acids is 1. The molecule has 19 heavy (non-hydrogen) atoms. The number of thiocarbonyl (C=S) groups is 1. The zero-order valence-corrected chi connectivity index (χ0v) is 11.3. The van der Waals surface area contributed by atoms with Crippen LogP contribution in [0.2, 0.25) is 0 Å². The highest BCUT2D eigenvalue weighted by molar-refractivity contribution is 8.26. The molecule has 1 saturated heterocycles. The van der Waals surface area contributed by atoms with Crippen LogP contribution in [0.1, 0.15) is 5.56 Å². The predicted molar refractivity (Wildman–Crippen MR) is 76.0 cm³/mol. The number of methoxy groups -OCH3 is 1. The first kappa shape index (κ1) is 13.5. The number of benzene rings is 1. The van der Waals surface area contributed by atoms with Crippen molar-refractivity contribution < 1.29 is 14.5 Å². The molecule has 1 aliphatic heterocycles. The fourth-order valence-electron chi connectivity index (χ4n) is 1.51. The lowest BCUT2D eigenvalue weighted by molar-refractivity contribution is -0.385. The second-order valence-electron chi connectivity index (χ2n) is 3.54. The number of nitro benzene ring substituents is 1. The minimum absolute atomic E-state index is 0.150. The Morgan fingerprint density at radius 1 is 1.53 bits per heavy atom. The van der Waals surface area contributed by atoms with Crippen molar-refractivity contribution in [3.63, 3.8) is 0 Å². The van der Waals surface area contributed by atoms with Crippen molar-refractivity contribution in [2.75, 3.05) is 7.11 Å². The minimum atomic E-state index is -0.534. The standard InChI is InChI=1S/C11H8N2O4S2/c1-17-8-3-2-6(4-7(8)13(15)16)5-9-10(14)12-11(18)19-9/h2-5H,1H3,(H,12,14,18)/b9-5-. The van der Waals surface area contributed by atoms with Gasteiger partial charge in [0.2, 0.25) is 0 Å². The van der Waals surface area contributed by atoms with Gasteiger partial charge in [0.1, 0.15) is 4.32 Å². The second-order valence-corrected chi connectivity index (χ2v) is 5.26. The Morgan fingerprint density at radius 2 is 2.26 bits per heavy atom. The van der Waals surface area contributed by atoms with Crippen LogP contribution in [0.25, 0.3) is 6.08 Å². The topological polar surface area (TPSA) is 81.5 Å². The molecule has 1 aromatic rings. The lowest BCUT2D eigenvalue weighted by atomic mass is 10.1. The van der Waals surface area contributed by atoms with E-state index in [0.717, 1.165) is 11.8 Å². The van der Waals surface area contributed by atoms with Gasteiger partial charge in [-0.05, 0) is 17.7 Å². The zero-order valence-electron chi connectivity index (χ0n) is 9.71. The van der Waals surface area contributed by atoms with Crippen molar-refractivity contribution in [3.8, 4) is 5.75 Å². The maximum absolute atomic E-state index is 11.5. The number of hydrogen-bond acceptors (Lipinski definition) is 6. The number of nitro groups is 1. The number of carbonyl (C=O) groups is 1. The molecule has 1 fully saturated rings. The molecule has 0 aliphatic carbocycles. The van der Waals surface area contributed by atoms with Crippen LogP contribution in [0.15, 0.2) is 23.1 Å². The Balaban J connectivity index is 2.39. The summed E-state index contributed by atoms with van der Waals surface area (Å²) in [7, 11) is 1.36. The van der Waals surface area contributed by atoms with Crippen molar-refractivity contribution in [2.45, 2.75) is 0 Å². The van der Waals surface area contributed by atoms with E-state index in [1.54, 1.807) is 12.1 Å². The van der Waals surface area contributed by atoms with Crippen LogP contribution < -0.4 is 10.1 Å². The summed E-state index contributed by atoms with van der Waals surface area (Å²) in [5.74, 6) is -0.125. The monoisotopic (exact) mass is 296 g/mol. The Bertz CT molecular complexity index is 613. The third kappa shape index (κ3) is 2.91. The number of nitrogens with one attached hydrogen (secondary N) is 1. The van der Waals surface area contributed by atoms with E-state index in [9.17, 15) is 14.9 Å². The first-order valence-corrected chi connectivity index (χ1v) is 6.31. The molecular weight excluding hydrogens is 288 g/mol. The van der Waals surface area contributed by atoms with Gasteiger partial charge in [-0.3, -0.25) is 14.9 Å². The van der Waals surface area contributed by atoms with Gasteiger partial charge in [0, 0.05) is 6.07 Å². The summed E-state index contributed by atoms with van der Waals surface area (Å²) >= 11 is 5.98. The van der Waals surface area contributed by atoms with Gasteiger partial charge < -0.3 is 10.1 Å². The molecule has 0 radical (unpaired) electrons. The molecule has 0 aromatic heterocycles. The fraction of sp³-hybridized carbons (Fsp3) is 0.0909. The Kier molecular flexibility index (Phi) is 3.82. The summed E-state index contributed by atoms with van der Waals surface area (Å²) in [6.07, 6.45) is 1.55. The first-order chi connectivity index (χ1) is 9.01. The van der Waals surface area contributed by atoms with Crippen molar-refractivity contribution in [1.82, 2.24) is 5.32 Å². The van der Waals surface area contributed by atoms with E-state index < -0.39 is 4.92 Å². The number of thioether (sulfide) groups is 1. The third-order valence-electron chi connectivity index (χ3n) is 2.34. The maximum atomic E-state index is 11.5. The van der Waals surface area contributed by atoms with Gasteiger partial charge in [0.05, 0.1) is 16.9 Å². The Hall–Kier alpha value is -1.93. The maximum Gasteiger partial charge on any atom is 0.311 e. The predicted octanol–water partition coefficient (Wildman–Crippen LogP) is 2.09. The molecule has 0 unspecified atom stereocenters. The van der Waals surface area contributed by atoms with E-state index >= 15 is 0 Å². The summed E-state index contributed by atoms with van der Waals surface area (Å²) in [5.41, 5.74) is 0.387. The summed E-state index contributed by atoms with van der Waals surface area (Å²) in [6, 6.07) is 4.47. The molecule has 1 heterocycles. The molecular formula is C11H8N2O4S2. The van der Waals surface area contributed by atoms with Gasteiger partial charge in [-0.15, -0.1) is 0 Å². The van der Waals surface area contributed by atoms with Gasteiger partial charge in [-0.2, -0.15) is 0 Å². The van der Waals surface area contributed by atoms with E-state index in [1.165, 1.54) is 19.2 Å². The molecule has 6 nitrogen and oxygen atoms in total. The van der Waals surface area contributed by atoms with Gasteiger partial charge in [0.15, 0.2) is 5.75 Å². The van der Waals surface area contributed by atoms with Crippen LogP contribution in [0, 0.1) is 10.1 Å². The highest BCUT2D eigenvalue weighted by atomic mass is 32.2. The Morgan fingerprint density at radius 3 is 2.79 bits per heavy atom. The van der Waals surface area contributed by atoms with E-state index in [-0.39, 0.29) is 17.3 Å². The molecule has 1 aliphatic rings. The number of nitrogens with zero attached hydrogens (tertiary/aromatic N) is 1. The minimum Gasteiger partial charge on any atom is -0.490 e. The van der Waals surface area contributed by atoms with Crippen molar-refractivity contribution in [2.24, 2.45) is 0 Å². The molecule has 0 saturated carbocycles. The highest BCUT2D eigenvalue weighted by Gasteiger charge is 2.22. The summed E-state index contributed by atoms with van der Waals surface area (Å²) in [6.45, 7) is 0. The van der Waals surface area contributed by atoms with Gasteiger partial charge in [0.25, 0.3) is 5.91 Å². The normalized spacial score (nSPS) is 16.6. The fourth-order valence-corrected chi connectivity index (χ4v) is 2.56. The molecule has 98 valence electrons. The molecule has 8 heteroatoms. The number of ether oxygens (including phenoxy) is 1. The van der Waals surface area contributed by atoms with Crippen LogP contribution in [-0.2, 0) is 4.79 Å². The second kappa shape index (κ2) is 5.37. The molecule has 1 amide bonds. The number of rotatable bonds is 3. The van der Waals surface area contributed by atoms with Gasteiger partial charge in [-0.25, -0.2) is 0 Å². The summed E-state index contributed by atoms with van der Waals surface area (Å²) in [5, 5.41) is 13.4. The molecule has 2 rings (SSSR count). The summed E-state index contributed by atoms with van der Waals surface area (Å²) in [4.78, 5) is 22.2. The SMILES string of the molecule is COc1ccc(/C=C2\SC(=S)NC2=O)cc1[N+](=O)[O-]. The summed E-state index contributed by atoms with van der Waals surface area (Å²) < 4.78 is 5.28. The average molecular weight is 296 g/mol. The number of amides is 1. The zero-order chi connectivity index (χ0) is 14.0. The number of hydrogen-bond donors (Lipinski definition) is 1. The first-order valence-electron chi connectivity index (χ1n) is 5.08. The van der Waals surface area contributed by atoms with Gasteiger partial charge in [-0.1, -0.05) is 30.0 Å². The van der Waals surface area contributed by atoms with Crippen LogP contribution in [0.5, 0.6) is 5.75 Å². The lowest BCUT2D eigenvalue weighted by Crippen LogP contribution is -2.17. The smallest absolute Gasteiger partial charge is 0.311 e. The molecule has 0 atom stereocenters. The van der Waals surface area contributed by atoms with E-state index in [4.69, 9.17) is 17.0 Å². The Labute approximate surface area is 118 Å². The highest BCUT2D eigenvalue weighted by Crippen LogP contribution is 2.31. The van der Waals surface area contributed by atoms with Crippen LogP contribution in [0.4, 0.5) is 5.69 Å². The van der Waals surface area contributed by atoms with Crippen LogP contribution >= 0.6 is 24.0 Å². The lowest BCUT2D eigenvalue weighted by Gasteiger charge is -2.02. The third-order valence-corrected chi connectivity index (χ3v) is 3.50. The van der Waals surface area contributed by atoms with E-state index in [1.807, 2.05) is 0 Å². The van der Waals surface area contributed by atoms with Crippen LogP contribution in [-0.4, -0.2) is 22.3 Å². The molecule has 0 bridgehead atoms. The molecule has 1 aromatic carbocycles. The largest absolute Gasteiger partial charge is 0.490 e. The van der Waals surface area contributed by atoms with Crippen molar-refractivity contribution in [1.29, 1.82) is 0 Å². The average Bonchev–Trinajstić information content (AvgIpc) is 2.67. The van der Waals surface area contributed by atoms with E-state index in [0.29, 0.717) is 14.8 Å². The van der Waals surface area contributed by atoms with Crippen LogP contribution in [0.3, 0.4) is 0 Å². The van der Waals surface area contributed by atoms with Crippen molar-refractivity contribution >= 4 is 46.0 Å². The molecule has 1 N–H and O–H groups in total. The van der Waals surface area contributed by atoms with Crippen molar-refractivity contribution in [3.05, 3.63) is 38.8 Å². The van der Waals surface area contributed by atoms with E-state index in [2.05, 4.69) is 5.32 Å². The quantitative estimate of drug-likeness (QED) is 0.398. The molecule has 0 spiro atoms.